The molecule has 1 amide bonds. The molecule has 12 heteroatoms. The zero-order valence-corrected chi connectivity index (χ0v) is 22.5. The van der Waals surface area contributed by atoms with E-state index in [0.29, 0.717) is 66.0 Å². The summed E-state index contributed by atoms with van der Waals surface area (Å²) in [6.07, 6.45) is 6.95. The average Bonchev–Trinajstić information content (AvgIpc) is 3.75. The molecule has 0 unspecified atom stereocenters. The number of fused-ring (bicyclic) bond motifs is 1. The second kappa shape index (κ2) is 12.6. The van der Waals surface area contributed by atoms with E-state index in [9.17, 15) is 14.0 Å². The van der Waals surface area contributed by atoms with Crippen molar-refractivity contribution in [3.63, 3.8) is 0 Å². The fourth-order valence-electron chi connectivity index (χ4n) is 4.41. The fourth-order valence-corrected chi connectivity index (χ4v) is 4.59. The van der Waals surface area contributed by atoms with E-state index in [1.54, 1.807) is 24.3 Å². The molecule has 210 valence electrons. The van der Waals surface area contributed by atoms with Gasteiger partial charge in [-0.25, -0.2) is 14.4 Å². The molecule has 2 heterocycles. The molecule has 0 spiro atoms. The smallest absolute Gasteiger partial charge is 0.317 e. The second-order valence-electron chi connectivity index (χ2n) is 9.96. The Balaban J connectivity index is 1.29. The molecule has 0 radical (unpaired) electrons. The van der Waals surface area contributed by atoms with Crippen molar-refractivity contribution in [3.8, 4) is 5.75 Å². The molecule has 0 bridgehead atoms. The number of carbonyl (C=O) groups excluding carboxylic acids is 1. The molecule has 0 atom stereocenters. The molecule has 5 rings (SSSR count). The van der Waals surface area contributed by atoms with Crippen LogP contribution in [0.5, 0.6) is 5.75 Å². The molecule has 1 aliphatic heterocycles. The molecule has 2 fully saturated rings. The number of hydrogen-bond donors (Lipinski definition) is 3. The molecule has 1 aliphatic carbocycles. The Morgan fingerprint density at radius 2 is 1.90 bits per heavy atom. The minimum atomic E-state index is -0.825. The van der Waals surface area contributed by atoms with Gasteiger partial charge in [-0.15, -0.1) is 0 Å². The quantitative estimate of drug-likeness (QED) is 0.293. The number of carboxylic acids is 1. The summed E-state index contributed by atoms with van der Waals surface area (Å²) >= 11 is 5.94. The van der Waals surface area contributed by atoms with Gasteiger partial charge >= 0.3 is 5.97 Å². The van der Waals surface area contributed by atoms with Crippen LogP contribution in [0.3, 0.4) is 0 Å². The predicted molar refractivity (Wildman–Crippen MR) is 151 cm³/mol. The van der Waals surface area contributed by atoms with E-state index in [1.807, 2.05) is 4.90 Å². The third kappa shape index (κ3) is 7.44. The number of rotatable bonds is 11. The first-order chi connectivity index (χ1) is 19.3. The summed E-state index contributed by atoms with van der Waals surface area (Å²) < 4.78 is 19.7. The number of aliphatic carboxylic acids is 1. The van der Waals surface area contributed by atoms with Gasteiger partial charge in [0, 0.05) is 55.9 Å². The Morgan fingerprint density at radius 3 is 2.62 bits per heavy atom. The Kier molecular flexibility index (Phi) is 8.73. The number of benzene rings is 2. The van der Waals surface area contributed by atoms with Crippen molar-refractivity contribution in [3.05, 3.63) is 59.7 Å². The number of aromatic nitrogens is 2. The van der Waals surface area contributed by atoms with Crippen LogP contribution in [0.25, 0.3) is 10.9 Å². The third-order valence-electron chi connectivity index (χ3n) is 6.80. The monoisotopic (exact) mass is 568 g/mol. The Labute approximate surface area is 235 Å². The van der Waals surface area contributed by atoms with E-state index in [2.05, 4.69) is 25.5 Å². The average molecular weight is 569 g/mol. The molecule has 2 aliphatic rings. The van der Waals surface area contributed by atoms with Crippen LogP contribution in [-0.4, -0.2) is 82.6 Å². The maximum absolute atomic E-state index is 13.6. The van der Waals surface area contributed by atoms with Crippen LogP contribution >= 0.6 is 11.6 Å². The molecular formula is C28H30ClFN6O4. The Bertz CT molecular complexity index is 1430. The number of nitrogens with zero attached hydrogens (tertiary/aromatic N) is 4. The first kappa shape index (κ1) is 27.8. The first-order valence-corrected chi connectivity index (χ1v) is 13.5. The van der Waals surface area contributed by atoms with Gasteiger partial charge < -0.3 is 20.5 Å². The second-order valence-corrected chi connectivity index (χ2v) is 10.4. The molecule has 3 N–H and O–H groups in total. The van der Waals surface area contributed by atoms with Crippen LogP contribution in [0, 0.1) is 11.7 Å². The Morgan fingerprint density at radius 1 is 1.12 bits per heavy atom. The number of hydrogen-bond acceptors (Lipinski definition) is 8. The van der Waals surface area contributed by atoms with Crippen LogP contribution in [-0.2, 0) is 9.59 Å². The largest absolute Gasteiger partial charge is 0.491 e. The summed E-state index contributed by atoms with van der Waals surface area (Å²) in [5.74, 6) is -0.151. The summed E-state index contributed by atoms with van der Waals surface area (Å²) in [6, 6.07) is 7.83. The van der Waals surface area contributed by atoms with Gasteiger partial charge in [0.15, 0.2) is 0 Å². The maximum atomic E-state index is 13.6. The molecule has 1 saturated carbocycles. The summed E-state index contributed by atoms with van der Waals surface area (Å²) in [5.41, 5.74) is 1.66. The number of nitrogens with one attached hydrogen (secondary N) is 2. The molecule has 40 heavy (non-hydrogen) atoms. The lowest BCUT2D eigenvalue weighted by atomic mass is 10.1. The van der Waals surface area contributed by atoms with E-state index in [1.165, 1.54) is 24.5 Å². The normalized spacial score (nSPS) is 16.4. The molecule has 2 aromatic carbocycles. The van der Waals surface area contributed by atoms with Gasteiger partial charge in [-0.2, -0.15) is 0 Å². The van der Waals surface area contributed by atoms with Crippen LogP contribution < -0.4 is 15.4 Å². The zero-order valence-electron chi connectivity index (χ0n) is 21.8. The minimum Gasteiger partial charge on any atom is -0.491 e. The highest BCUT2D eigenvalue weighted by Crippen LogP contribution is 2.36. The lowest BCUT2D eigenvalue weighted by Gasteiger charge is -2.33. The van der Waals surface area contributed by atoms with Gasteiger partial charge in [-0.05, 0) is 43.0 Å². The SMILES string of the molecule is O=C(O)CN1CCN(C/C=C/C(=O)Nc2cc3c(Nc4ccc(F)c(Cl)c4)ncnc3cc2OCC2CC2)CC1. The molecule has 3 aromatic rings. The number of anilines is 3. The number of carbonyl (C=O) groups is 2. The van der Waals surface area contributed by atoms with Gasteiger partial charge in [0.05, 0.1) is 29.4 Å². The minimum absolute atomic E-state index is 0.0130. The summed E-state index contributed by atoms with van der Waals surface area (Å²) in [4.78, 5) is 36.5. The predicted octanol–water partition coefficient (Wildman–Crippen LogP) is 4.15. The van der Waals surface area contributed by atoms with Crippen molar-refractivity contribution in [2.45, 2.75) is 12.8 Å². The zero-order chi connectivity index (χ0) is 28.1. The number of halogens is 2. The van der Waals surface area contributed by atoms with Crippen molar-refractivity contribution in [2.75, 3.05) is 56.5 Å². The van der Waals surface area contributed by atoms with Crippen molar-refractivity contribution in [1.82, 2.24) is 19.8 Å². The van der Waals surface area contributed by atoms with Gasteiger partial charge in [-0.1, -0.05) is 17.7 Å². The van der Waals surface area contributed by atoms with E-state index in [4.69, 9.17) is 21.4 Å². The molecular weight excluding hydrogens is 539 g/mol. The van der Waals surface area contributed by atoms with Crippen LogP contribution in [0.1, 0.15) is 12.8 Å². The fraction of sp³-hybridized carbons (Fsp3) is 0.357. The lowest BCUT2D eigenvalue weighted by molar-refractivity contribution is -0.138. The maximum Gasteiger partial charge on any atom is 0.317 e. The summed E-state index contributed by atoms with van der Waals surface area (Å²) in [5, 5.41) is 15.6. The highest BCUT2D eigenvalue weighted by Gasteiger charge is 2.23. The lowest BCUT2D eigenvalue weighted by Crippen LogP contribution is -2.47. The first-order valence-electron chi connectivity index (χ1n) is 13.1. The van der Waals surface area contributed by atoms with E-state index in [0.717, 1.165) is 25.9 Å². The standard InChI is InChI=1S/C28H30ClFN6O4/c29-21-12-19(5-6-22(21)30)33-28-20-13-24(25(40-16-18-3-4-18)14-23(20)31-17-32-28)34-26(37)2-1-7-35-8-10-36(11-9-35)15-27(38)39/h1-2,5-6,12-14,17-18H,3-4,7-11,15-16H2,(H,34,37)(H,38,39)(H,31,32,33)/b2-1+. The highest BCUT2D eigenvalue weighted by molar-refractivity contribution is 6.31. The van der Waals surface area contributed by atoms with Crippen molar-refractivity contribution in [2.24, 2.45) is 5.92 Å². The van der Waals surface area contributed by atoms with Gasteiger partial charge in [0.25, 0.3) is 0 Å². The number of piperazine rings is 1. The van der Waals surface area contributed by atoms with Crippen molar-refractivity contribution < 1.29 is 23.8 Å². The number of ether oxygens (including phenoxy) is 1. The van der Waals surface area contributed by atoms with Crippen molar-refractivity contribution in [1.29, 1.82) is 0 Å². The van der Waals surface area contributed by atoms with Crippen molar-refractivity contribution >= 4 is 51.6 Å². The van der Waals surface area contributed by atoms with E-state index < -0.39 is 11.8 Å². The topological polar surface area (TPSA) is 120 Å². The highest BCUT2D eigenvalue weighted by atomic mass is 35.5. The Hall–Kier alpha value is -3.80. The van der Waals surface area contributed by atoms with Gasteiger partial charge in [-0.3, -0.25) is 19.4 Å². The molecule has 10 nitrogen and oxygen atoms in total. The summed E-state index contributed by atoms with van der Waals surface area (Å²) in [7, 11) is 0. The van der Waals surface area contributed by atoms with Gasteiger partial charge in [0.2, 0.25) is 5.91 Å². The van der Waals surface area contributed by atoms with Crippen LogP contribution in [0.4, 0.5) is 21.6 Å². The number of amides is 1. The van der Waals surface area contributed by atoms with Crippen LogP contribution in [0.2, 0.25) is 5.02 Å². The van der Waals surface area contributed by atoms with E-state index in [-0.39, 0.29) is 17.5 Å². The van der Waals surface area contributed by atoms with Gasteiger partial charge in [0.1, 0.15) is 23.7 Å². The summed E-state index contributed by atoms with van der Waals surface area (Å²) in [6.45, 7) is 4.00. The molecule has 1 aromatic heterocycles. The number of carboxylic acid groups (broad SMARTS) is 1. The van der Waals surface area contributed by atoms with E-state index >= 15 is 0 Å². The molecule has 1 saturated heterocycles. The third-order valence-corrected chi connectivity index (χ3v) is 7.09. The van der Waals surface area contributed by atoms with Crippen LogP contribution in [0.15, 0.2) is 48.8 Å².